The molecule has 0 spiro atoms. The van der Waals surface area contributed by atoms with Crippen LogP contribution in [0.3, 0.4) is 0 Å². The first kappa shape index (κ1) is 11.9. The lowest BCUT2D eigenvalue weighted by molar-refractivity contribution is -0.134. The van der Waals surface area contributed by atoms with Crippen LogP contribution in [0.5, 0.6) is 11.5 Å². The van der Waals surface area contributed by atoms with Gasteiger partial charge in [0.2, 0.25) is 0 Å². The van der Waals surface area contributed by atoms with E-state index >= 15 is 0 Å². The standard InChI is InChI=1S/C13H17NO3/c1-2-13(15)17-11-5-3-10(4-6-11)16-12-7-8-14-9-12/h3-6,12,14H,2,7-9H2,1H3/t12-/m0/s1. The summed E-state index contributed by atoms with van der Waals surface area (Å²) in [6.45, 7) is 3.68. The van der Waals surface area contributed by atoms with E-state index in [1.807, 2.05) is 12.1 Å². The number of carbonyl (C=O) groups excluding carboxylic acids is 1. The molecule has 1 N–H and O–H groups in total. The van der Waals surface area contributed by atoms with E-state index in [0.717, 1.165) is 25.3 Å². The summed E-state index contributed by atoms with van der Waals surface area (Å²) in [5, 5.41) is 3.24. The lowest BCUT2D eigenvalue weighted by atomic mass is 10.3. The Labute approximate surface area is 101 Å². The normalized spacial score (nSPS) is 19.0. The first-order valence-corrected chi connectivity index (χ1v) is 5.96. The first-order chi connectivity index (χ1) is 8.28. The molecule has 17 heavy (non-hydrogen) atoms. The van der Waals surface area contributed by atoms with Crippen LogP contribution in [0.2, 0.25) is 0 Å². The summed E-state index contributed by atoms with van der Waals surface area (Å²) in [7, 11) is 0. The molecule has 0 saturated carbocycles. The molecule has 1 aromatic rings. The van der Waals surface area contributed by atoms with Crippen LogP contribution >= 0.6 is 0 Å². The van der Waals surface area contributed by atoms with Crippen molar-refractivity contribution in [2.24, 2.45) is 0 Å². The van der Waals surface area contributed by atoms with Gasteiger partial charge in [0.25, 0.3) is 0 Å². The maximum atomic E-state index is 11.1. The molecule has 0 aliphatic carbocycles. The molecule has 0 aromatic heterocycles. The Balaban J connectivity index is 1.90. The Kier molecular flexibility index (Phi) is 3.98. The molecule has 0 radical (unpaired) electrons. The highest BCUT2D eigenvalue weighted by molar-refractivity contribution is 5.71. The van der Waals surface area contributed by atoms with Crippen molar-refractivity contribution in [1.82, 2.24) is 5.32 Å². The Morgan fingerprint density at radius 2 is 2.06 bits per heavy atom. The van der Waals surface area contributed by atoms with Gasteiger partial charge in [-0.15, -0.1) is 0 Å². The molecule has 1 aromatic carbocycles. The molecule has 0 amide bonds. The van der Waals surface area contributed by atoms with Crippen LogP contribution in [0.25, 0.3) is 0 Å². The fourth-order valence-corrected chi connectivity index (χ4v) is 1.71. The Morgan fingerprint density at radius 1 is 1.35 bits per heavy atom. The van der Waals surface area contributed by atoms with Gasteiger partial charge < -0.3 is 14.8 Å². The number of nitrogens with one attached hydrogen (secondary N) is 1. The van der Waals surface area contributed by atoms with Crippen molar-refractivity contribution in [1.29, 1.82) is 0 Å². The topological polar surface area (TPSA) is 47.6 Å². The third kappa shape index (κ3) is 3.46. The van der Waals surface area contributed by atoms with Gasteiger partial charge in [0.1, 0.15) is 17.6 Å². The highest BCUT2D eigenvalue weighted by atomic mass is 16.5. The van der Waals surface area contributed by atoms with E-state index in [4.69, 9.17) is 9.47 Å². The highest BCUT2D eigenvalue weighted by Gasteiger charge is 2.15. The highest BCUT2D eigenvalue weighted by Crippen LogP contribution is 2.20. The minimum absolute atomic E-state index is 0.223. The molecule has 1 saturated heterocycles. The predicted octanol–water partition coefficient (Wildman–Crippen LogP) is 1.74. The monoisotopic (exact) mass is 235 g/mol. The number of benzene rings is 1. The Morgan fingerprint density at radius 3 is 2.65 bits per heavy atom. The fraction of sp³-hybridized carbons (Fsp3) is 0.462. The van der Waals surface area contributed by atoms with Crippen LogP contribution in [0, 0.1) is 0 Å². The van der Waals surface area contributed by atoms with Crippen LogP contribution in [0.1, 0.15) is 19.8 Å². The molecule has 1 heterocycles. The average molecular weight is 235 g/mol. The maximum absolute atomic E-state index is 11.1. The van der Waals surface area contributed by atoms with Gasteiger partial charge >= 0.3 is 5.97 Å². The second-order valence-electron chi connectivity index (χ2n) is 4.03. The van der Waals surface area contributed by atoms with Gasteiger partial charge in [-0.3, -0.25) is 4.79 Å². The zero-order chi connectivity index (χ0) is 12.1. The Hall–Kier alpha value is -1.55. The maximum Gasteiger partial charge on any atom is 0.310 e. The first-order valence-electron chi connectivity index (χ1n) is 5.96. The van der Waals surface area contributed by atoms with Gasteiger partial charge in [0, 0.05) is 13.0 Å². The molecule has 4 heteroatoms. The summed E-state index contributed by atoms with van der Waals surface area (Å²) in [5.74, 6) is 1.16. The molecule has 4 nitrogen and oxygen atoms in total. The minimum Gasteiger partial charge on any atom is -0.489 e. The number of hydrogen-bond donors (Lipinski definition) is 1. The summed E-state index contributed by atoms with van der Waals surface area (Å²) in [4.78, 5) is 11.1. The average Bonchev–Trinajstić information content (AvgIpc) is 2.84. The van der Waals surface area contributed by atoms with Crippen LogP contribution in [0.15, 0.2) is 24.3 Å². The molecule has 0 unspecified atom stereocenters. The van der Waals surface area contributed by atoms with E-state index in [1.54, 1.807) is 19.1 Å². The Bertz CT molecular complexity index is 369. The molecule has 92 valence electrons. The number of esters is 1. The van der Waals surface area contributed by atoms with Crippen LogP contribution < -0.4 is 14.8 Å². The number of carbonyl (C=O) groups is 1. The van der Waals surface area contributed by atoms with E-state index in [-0.39, 0.29) is 12.1 Å². The third-order valence-corrected chi connectivity index (χ3v) is 2.66. The van der Waals surface area contributed by atoms with E-state index < -0.39 is 0 Å². The zero-order valence-corrected chi connectivity index (χ0v) is 9.94. The second-order valence-corrected chi connectivity index (χ2v) is 4.03. The summed E-state index contributed by atoms with van der Waals surface area (Å²) >= 11 is 0. The number of hydrogen-bond acceptors (Lipinski definition) is 4. The van der Waals surface area contributed by atoms with Crippen LogP contribution in [0.4, 0.5) is 0 Å². The molecule has 1 fully saturated rings. The van der Waals surface area contributed by atoms with Crippen molar-refractivity contribution in [3.05, 3.63) is 24.3 Å². The molecule has 1 aliphatic heterocycles. The largest absolute Gasteiger partial charge is 0.489 e. The van der Waals surface area contributed by atoms with E-state index in [1.165, 1.54) is 0 Å². The molecule has 2 rings (SSSR count). The number of ether oxygens (including phenoxy) is 2. The lowest BCUT2D eigenvalue weighted by Crippen LogP contribution is -2.19. The molecular formula is C13H17NO3. The van der Waals surface area contributed by atoms with Crippen molar-refractivity contribution < 1.29 is 14.3 Å². The minimum atomic E-state index is -0.223. The van der Waals surface area contributed by atoms with Gasteiger partial charge in [-0.1, -0.05) is 6.92 Å². The van der Waals surface area contributed by atoms with E-state index in [0.29, 0.717) is 12.2 Å². The SMILES string of the molecule is CCC(=O)Oc1ccc(O[C@H]2CCNC2)cc1. The molecule has 1 atom stereocenters. The van der Waals surface area contributed by atoms with Crippen molar-refractivity contribution >= 4 is 5.97 Å². The summed E-state index contributed by atoms with van der Waals surface area (Å²) in [6, 6.07) is 7.17. The summed E-state index contributed by atoms with van der Waals surface area (Å²) < 4.78 is 10.8. The predicted molar refractivity (Wildman–Crippen MR) is 64.3 cm³/mol. The molecule has 1 aliphatic rings. The quantitative estimate of drug-likeness (QED) is 0.638. The van der Waals surface area contributed by atoms with Gasteiger partial charge in [0.05, 0.1) is 0 Å². The molecular weight excluding hydrogens is 218 g/mol. The van der Waals surface area contributed by atoms with Crippen molar-refractivity contribution in [2.75, 3.05) is 13.1 Å². The second kappa shape index (κ2) is 5.68. The smallest absolute Gasteiger partial charge is 0.310 e. The van der Waals surface area contributed by atoms with Gasteiger partial charge in [-0.25, -0.2) is 0 Å². The molecule has 0 bridgehead atoms. The third-order valence-electron chi connectivity index (χ3n) is 2.66. The van der Waals surface area contributed by atoms with Crippen LogP contribution in [-0.4, -0.2) is 25.2 Å². The van der Waals surface area contributed by atoms with Crippen molar-refractivity contribution in [3.8, 4) is 11.5 Å². The van der Waals surface area contributed by atoms with E-state index in [9.17, 15) is 4.79 Å². The summed E-state index contributed by atoms with van der Waals surface area (Å²) in [6.07, 6.45) is 1.66. The van der Waals surface area contributed by atoms with Crippen molar-refractivity contribution in [3.63, 3.8) is 0 Å². The van der Waals surface area contributed by atoms with Crippen molar-refractivity contribution in [2.45, 2.75) is 25.9 Å². The van der Waals surface area contributed by atoms with Gasteiger partial charge in [0.15, 0.2) is 0 Å². The fourth-order valence-electron chi connectivity index (χ4n) is 1.71. The zero-order valence-electron chi connectivity index (χ0n) is 9.94. The van der Waals surface area contributed by atoms with E-state index in [2.05, 4.69) is 5.32 Å². The number of rotatable bonds is 4. The van der Waals surface area contributed by atoms with Gasteiger partial charge in [-0.05, 0) is 37.2 Å². The van der Waals surface area contributed by atoms with Gasteiger partial charge in [-0.2, -0.15) is 0 Å². The lowest BCUT2D eigenvalue weighted by Gasteiger charge is -2.12. The summed E-state index contributed by atoms with van der Waals surface area (Å²) in [5.41, 5.74) is 0. The van der Waals surface area contributed by atoms with Crippen LogP contribution in [-0.2, 0) is 4.79 Å².